The molecule has 0 bridgehead atoms. The Kier molecular flexibility index (Phi) is 7.66. The summed E-state index contributed by atoms with van der Waals surface area (Å²) in [5, 5.41) is 6.94. The predicted molar refractivity (Wildman–Crippen MR) is 118 cm³/mol. The van der Waals surface area contributed by atoms with Crippen LogP contribution in [0.1, 0.15) is 37.7 Å². The summed E-state index contributed by atoms with van der Waals surface area (Å²) in [4.78, 5) is 17.4. The molecule has 3 atom stereocenters. The van der Waals surface area contributed by atoms with Crippen molar-refractivity contribution in [3.63, 3.8) is 0 Å². The predicted octanol–water partition coefficient (Wildman–Crippen LogP) is 1.54. The van der Waals surface area contributed by atoms with Gasteiger partial charge in [-0.15, -0.1) is 0 Å². The fraction of sp³-hybridized carbons (Fsp3) is 0.696. The lowest BCUT2D eigenvalue weighted by Crippen LogP contribution is -2.69. The number of methoxy groups -OCH3 is 2. The van der Waals surface area contributed by atoms with E-state index in [1.54, 1.807) is 14.2 Å². The zero-order chi connectivity index (χ0) is 21.6. The van der Waals surface area contributed by atoms with E-state index in [0.29, 0.717) is 12.5 Å². The van der Waals surface area contributed by atoms with E-state index in [2.05, 4.69) is 26.5 Å². The molecule has 0 saturated carbocycles. The van der Waals surface area contributed by atoms with Gasteiger partial charge in [0, 0.05) is 25.7 Å². The van der Waals surface area contributed by atoms with Crippen molar-refractivity contribution in [3.05, 3.63) is 23.8 Å². The van der Waals surface area contributed by atoms with Gasteiger partial charge in [-0.2, -0.15) is 0 Å². The molecule has 3 fully saturated rings. The van der Waals surface area contributed by atoms with Crippen molar-refractivity contribution in [3.8, 4) is 11.5 Å². The Morgan fingerprint density at radius 1 is 1.10 bits per heavy atom. The fourth-order valence-corrected chi connectivity index (χ4v) is 5.10. The van der Waals surface area contributed by atoms with Crippen LogP contribution < -0.4 is 20.1 Å². The Hall–Kier alpha value is -1.87. The average Bonchev–Trinajstić information content (AvgIpc) is 3.04. The Bertz CT molecular complexity index is 740. The first-order valence-corrected chi connectivity index (χ1v) is 11.5. The Morgan fingerprint density at radius 2 is 1.94 bits per heavy atom. The Balaban J connectivity index is 1.53. The quantitative estimate of drug-likeness (QED) is 0.706. The SMILES string of the molecule is COc1cccc(C[C@H]2CCCCCN2C2NC(=O)CC(N3CCOCC3)N2)c1OC. The number of hydrogen-bond acceptors (Lipinski definition) is 7. The van der Waals surface area contributed by atoms with Gasteiger partial charge in [0.05, 0.1) is 40.0 Å². The third-order valence-corrected chi connectivity index (χ3v) is 6.71. The van der Waals surface area contributed by atoms with Gasteiger partial charge in [0.15, 0.2) is 11.5 Å². The van der Waals surface area contributed by atoms with Gasteiger partial charge in [0.25, 0.3) is 0 Å². The molecule has 3 aliphatic heterocycles. The summed E-state index contributed by atoms with van der Waals surface area (Å²) in [5.41, 5.74) is 1.14. The van der Waals surface area contributed by atoms with Crippen molar-refractivity contribution in [1.29, 1.82) is 0 Å². The third-order valence-electron chi connectivity index (χ3n) is 6.71. The number of amides is 1. The second kappa shape index (κ2) is 10.6. The molecule has 2 N–H and O–H groups in total. The molecule has 0 aliphatic carbocycles. The van der Waals surface area contributed by atoms with E-state index in [1.165, 1.54) is 12.8 Å². The van der Waals surface area contributed by atoms with Crippen molar-refractivity contribution in [1.82, 2.24) is 20.4 Å². The second-order valence-corrected chi connectivity index (χ2v) is 8.60. The number of hydrogen-bond donors (Lipinski definition) is 2. The Morgan fingerprint density at radius 3 is 2.71 bits per heavy atom. The minimum absolute atomic E-state index is 0.0536. The Labute approximate surface area is 185 Å². The van der Waals surface area contributed by atoms with Crippen molar-refractivity contribution in [2.24, 2.45) is 0 Å². The normalized spacial score (nSPS) is 28.6. The summed E-state index contributed by atoms with van der Waals surface area (Å²) in [6, 6.07) is 6.38. The summed E-state index contributed by atoms with van der Waals surface area (Å²) < 4.78 is 16.7. The van der Waals surface area contributed by atoms with Crippen LogP contribution in [-0.2, 0) is 16.0 Å². The standard InChI is InChI=1S/C23H36N4O4/c1-29-19-9-6-7-17(22(19)30-2)15-18-8-4-3-5-10-27(18)23-24-20(16-21(28)25-23)26-11-13-31-14-12-26/h6-7,9,18,20,23-24H,3-5,8,10-16H2,1-2H3,(H,25,28)/t18-,20?,23?/m1/s1. The van der Waals surface area contributed by atoms with Crippen molar-refractivity contribution in [2.75, 3.05) is 47.1 Å². The zero-order valence-electron chi connectivity index (χ0n) is 18.8. The van der Waals surface area contributed by atoms with Crippen LogP contribution in [0.5, 0.6) is 11.5 Å². The summed E-state index contributed by atoms with van der Waals surface area (Å²) in [6.07, 6.45) is 5.89. The summed E-state index contributed by atoms with van der Waals surface area (Å²) in [7, 11) is 3.37. The number of benzene rings is 1. The number of nitrogens with zero attached hydrogens (tertiary/aromatic N) is 2. The first-order valence-electron chi connectivity index (χ1n) is 11.5. The van der Waals surface area contributed by atoms with E-state index in [0.717, 1.165) is 69.2 Å². The summed E-state index contributed by atoms with van der Waals surface area (Å²) in [6.45, 7) is 4.15. The molecule has 0 radical (unpaired) electrons. The molecule has 8 heteroatoms. The molecular weight excluding hydrogens is 396 g/mol. The lowest BCUT2D eigenvalue weighted by molar-refractivity contribution is -0.131. The van der Waals surface area contributed by atoms with Crippen LogP contribution in [0.2, 0.25) is 0 Å². The molecule has 1 aromatic rings. The van der Waals surface area contributed by atoms with Gasteiger partial charge in [-0.25, -0.2) is 0 Å². The van der Waals surface area contributed by atoms with Crippen LogP contribution in [0.25, 0.3) is 0 Å². The molecule has 1 aromatic carbocycles. The molecule has 0 spiro atoms. The molecule has 0 aromatic heterocycles. The number of carbonyl (C=O) groups is 1. The maximum absolute atomic E-state index is 12.6. The number of ether oxygens (including phenoxy) is 3. The van der Waals surface area contributed by atoms with Crippen molar-refractivity contribution >= 4 is 5.91 Å². The van der Waals surface area contributed by atoms with Gasteiger partial charge < -0.3 is 19.5 Å². The third kappa shape index (κ3) is 5.31. The van der Waals surface area contributed by atoms with Gasteiger partial charge in [0.1, 0.15) is 6.29 Å². The van der Waals surface area contributed by atoms with Gasteiger partial charge in [-0.1, -0.05) is 25.0 Å². The van der Waals surface area contributed by atoms with Crippen LogP contribution in [0.3, 0.4) is 0 Å². The molecule has 2 unspecified atom stereocenters. The van der Waals surface area contributed by atoms with Crippen LogP contribution >= 0.6 is 0 Å². The number of rotatable bonds is 6. The second-order valence-electron chi connectivity index (χ2n) is 8.60. The highest BCUT2D eigenvalue weighted by molar-refractivity contribution is 5.77. The monoisotopic (exact) mass is 432 g/mol. The van der Waals surface area contributed by atoms with E-state index in [-0.39, 0.29) is 18.4 Å². The highest BCUT2D eigenvalue weighted by atomic mass is 16.5. The largest absolute Gasteiger partial charge is 0.493 e. The first kappa shape index (κ1) is 22.3. The molecule has 3 saturated heterocycles. The maximum atomic E-state index is 12.6. The topological polar surface area (TPSA) is 75.3 Å². The lowest BCUT2D eigenvalue weighted by Gasteiger charge is -2.45. The van der Waals surface area contributed by atoms with E-state index in [9.17, 15) is 4.79 Å². The van der Waals surface area contributed by atoms with Crippen LogP contribution in [0.4, 0.5) is 0 Å². The van der Waals surface area contributed by atoms with Gasteiger partial charge in [-0.05, 0) is 30.9 Å². The lowest BCUT2D eigenvalue weighted by atomic mass is 9.99. The highest BCUT2D eigenvalue weighted by Crippen LogP contribution is 2.33. The number of nitrogens with one attached hydrogen (secondary N) is 2. The molecule has 3 heterocycles. The number of para-hydroxylation sites is 1. The van der Waals surface area contributed by atoms with E-state index in [4.69, 9.17) is 14.2 Å². The molecule has 3 aliphatic rings. The molecule has 1 amide bonds. The molecule has 4 rings (SSSR count). The van der Waals surface area contributed by atoms with E-state index in [1.807, 2.05) is 12.1 Å². The first-order chi connectivity index (χ1) is 15.2. The average molecular weight is 433 g/mol. The molecule has 8 nitrogen and oxygen atoms in total. The number of likely N-dealkylation sites (tertiary alicyclic amines) is 1. The minimum atomic E-state index is -0.159. The molecule has 31 heavy (non-hydrogen) atoms. The van der Waals surface area contributed by atoms with E-state index < -0.39 is 0 Å². The van der Waals surface area contributed by atoms with Crippen molar-refractivity contribution < 1.29 is 19.0 Å². The summed E-state index contributed by atoms with van der Waals surface area (Å²) >= 11 is 0. The fourth-order valence-electron chi connectivity index (χ4n) is 5.10. The van der Waals surface area contributed by atoms with Gasteiger partial charge >= 0.3 is 0 Å². The van der Waals surface area contributed by atoms with Gasteiger partial charge in [0.2, 0.25) is 5.91 Å². The zero-order valence-corrected chi connectivity index (χ0v) is 18.8. The van der Waals surface area contributed by atoms with Crippen LogP contribution in [0.15, 0.2) is 18.2 Å². The summed E-state index contributed by atoms with van der Waals surface area (Å²) in [5.74, 6) is 1.68. The number of morpholine rings is 1. The van der Waals surface area contributed by atoms with Gasteiger partial charge in [-0.3, -0.25) is 19.9 Å². The minimum Gasteiger partial charge on any atom is -0.493 e. The van der Waals surface area contributed by atoms with Crippen molar-refractivity contribution in [2.45, 2.75) is 57.0 Å². The molecule has 172 valence electrons. The smallest absolute Gasteiger partial charge is 0.225 e. The maximum Gasteiger partial charge on any atom is 0.225 e. The highest BCUT2D eigenvalue weighted by Gasteiger charge is 2.36. The number of carbonyl (C=O) groups excluding carboxylic acids is 1. The van der Waals surface area contributed by atoms with Crippen LogP contribution in [-0.4, -0.2) is 81.3 Å². The van der Waals surface area contributed by atoms with E-state index >= 15 is 0 Å². The van der Waals surface area contributed by atoms with Crippen LogP contribution in [0, 0.1) is 0 Å². The molecular formula is C23H36N4O4.